The SMILES string of the molecule is CC(C)(C)[Si](C)(C)OCC[C@H](O)COC(c1ccccc1)(c1ccccc1)c1ccccc1. The van der Waals surface area contributed by atoms with Crippen LogP contribution >= 0.6 is 0 Å². The minimum absolute atomic E-state index is 0.150. The van der Waals surface area contributed by atoms with Crippen LogP contribution in [0.2, 0.25) is 18.1 Å². The van der Waals surface area contributed by atoms with Crippen LogP contribution in [0.15, 0.2) is 91.0 Å². The molecule has 1 atom stereocenters. The molecule has 3 aromatic rings. The number of rotatable bonds is 10. The van der Waals surface area contributed by atoms with E-state index in [1.54, 1.807) is 0 Å². The van der Waals surface area contributed by atoms with Crippen LogP contribution in [0, 0.1) is 0 Å². The van der Waals surface area contributed by atoms with Crippen LogP contribution in [0.25, 0.3) is 0 Å². The molecule has 3 aromatic carbocycles. The smallest absolute Gasteiger partial charge is 0.191 e. The van der Waals surface area contributed by atoms with Gasteiger partial charge in [-0.05, 0) is 41.2 Å². The number of aliphatic hydroxyl groups excluding tert-OH is 1. The molecule has 0 aromatic heterocycles. The van der Waals surface area contributed by atoms with Crippen LogP contribution < -0.4 is 0 Å². The molecule has 0 saturated carbocycles. The largest absolute Gasteiger partial charge is 0.417 e. The summed E-state index contributed by atoms with van der Waals surface area (Å²) in [6.45, 7) is 11.9. The van der Waals surface area contributed by atoms with Crippen LogP contribution in [-0.2, 0) is 14.8 Å². The Hall–Kier alpha value is -2.24. The van der Waals surface area contributed by atoms with E-state index in [-0.39, 0.29) is 11.6 Å². The van der Waals surface area contributed by atoms with Crippen LogP contribution in [-0.4, -0.2) is 32.7 Å². The number of hydrogen-bond acceptors (Lipinski definition) is 3. The highest BCUT2D eigenvalue weighted by molar-refractivity contribution is 6.74. The van der Waals surface area contributed by atoms with Crippen molar-refractivity contribution in [1.29, 1.82) is 0 Å². The van der Waals surface area contributed by atoms with Gasteiger partial charge in [0.25, 0.3) is 0 Å². The zero-order chi connectivity index (χ0) is 24.0. The van der Waals surface area contributed by atoms with E-state index in [1.165, 1.54) is 0 Å². The second-order valence-corrected chi connectivity index (χ2v) is 15.0. The molecule has 0 aliphatic heterocycles. The lowest BCUT2D eigenvalue weighted by Crippen LogP contribution is -2.41. The van der Waals surface area contributed by atoms with Crippen molar-refractivity contribution in [3.8, 4) is 0 Å². The number of aliphatic hydroxyl groups is 1. The third-order valence-corrected chi connectivity index (χ3v) is 11.3. The Morgan fingerprint density at radius 3 is 1.48 bits per heavy atom. The zero-order valence-electron chi connectivity index (χ0n) is 20.6. The van der Waals surface area contributed by atoms with Gasteiger partial charge in [-0.3, -0.25) is 0 Å². The summed E-state index contributed by atoms with van der Waals surface area (Å²) < 4.78 is 13.0. The van der Waals surface area contributed by atoms with E-state index < -0.39 is 20.0 Å². The molecule has 0 heterocycles. The lowest BCUT2D eigenvalue weighted by molar-refractivity contribution is -0.0430. The highest BCUT2D eigenvalue weighted by Crippen LogP contribution is 2.40. The number of hydrogen-bond donors (Lipinski definition) is 1. The third-order valence-electron chi connectivity index (χ3n) is 6.75. The van der Waals surface area contributed by atoms with E-state index in [1.807, 2.05) is 54.6 Å². The fraction of sp³-hybridized carbons (Fsp3) is 0.379. The quantitative estimate of drug-likeness (QED) is 0.267. The van der Waals surface area contributed by atoms with E-state index in [0.717, 1.165) is 16.7 Å². The molecule has 0 aliphatic rings. The van der Waals surface area contributed by atoms with Gasteiger partial charge in [0.05, 0.1) is 12.7 Å². The van der Waals surface area contributed by atoms with Gasteiger partial charge in [-0.15, -0.1) is 0 Å². The topological polar surface area (TPSA) is 38.7 Å². The fourth-order valence-corrected chi connectivity index (χ4v) is 4.80. The standard InChI is InChI=1S/C29H38O3Si/c1-28(2,3)33(4,5)32-22-21-27(30)23-31-29(24-15-9-6-10-16-24,25-17-11-7-12-18-25)26-19-13-8-14-20-26/h6-20,27,30H,21-23H2,1-5H3/t27-/m0/s1. The first-order chi connectivity index (χ1) is 15.7. The normalized spacial score (nSPS) is 13.6. The van der Waals surface area contributed by atoms with E-state index in [4.69, 9.17) is 9.16 Å². The predicted octanol–water partition coefficient (Wildman–Crippen LogP) is 6.77. The van der Waals surface area contributed by atoms with Gasteiger partial charge in [0.2, 0.25) is 0 Å². The van der Waals surface area contributed by atoms with Crippen molar-refractivity contribution in [2.75, 3.05) is 13.2 Å². The molecule has 4 heteroatoms. The highest BCUT2D eigenvalue weighted by atomic mass is 28.4. The Kier molecular flexibility index (Phi) is 8.30. The monoisotopic (exact) mass is 462 g/mol. The van der Waals surface area contributed by atoms with Crippen LogP contribution in [0.4, 0.5) is 0 Å². The second-order valence-electron chi connectivity index (χ2n) is 10.1. The van der Waals surface area contributed by atoms with Crippen LogP contribution in [0.5, 0.6) is 0 Å². The molecule has 3 nitrogen and oxygen atoms in total. The summed E-state index contributed by atoms with van der Waals surface area (Å²) in [5.41, 5.74) is 2.29. The van der Waals surface area contributed by atoms with Gasteiger partial charge in [0.15, 0.2) is 8.32 Å². The molecule has 0 radical (unpaired) electrons. The van der Waals surface area contributed by atoms with Crippen molar-refractivity contribution in [3.05, 3.63) is 108 Å². The first-order valence-corrected chi connectivity index (χ1v) is 14.7. The Labute approximate surface area is 200 Å². The van der Waals surface area contributed by atoms with Crippen molar-refractivity contribution >= 4 is 8.32 Å². The summed E-state index contributed by atoms with van der Waals surface area (Å²) in [6.07, 6.45) is -0.0775. The Morgan fingerprint density at radius 1 is 0.727 bits per heavy atom. The third kappa shape index (κ3) is 6.01. The molecule has 33 heavy (non-hydrogen) atoms. The molecular formula is C29H38O3Si. The van der Waals surface area contributed by atoms with Gasteiger partial charge in [0, 0.05) is 6.61 Å². The Bertz CT molecular complexity index is 869. The van der Waals surface area contributed by atoms with E-state index in [2.05, 4.69) is 70.3 Å². The zero-order valence-corrected chi connectivity index (χ0v) is 21.6. The maximum Gasteiger partial charge on any atom is 0.191 e. The fourth-order valence-electron chi connectivity index (χ4n) is 3.74. The molecular weight excluding hydrogens is 424 g/mol. The van der Waals surface area contributed by atoms with Crippen molar-refractivity contribution in [2.24, 2.45) is 0 Å². The highest BCUT2D eigenvalue weighted by Gasteiger charge is 2.39. The second kappa shape index (κ2) is 10.8. The molecule has 3 rings (SSSR count). The van der Waals surface area contributed by atoms with Gasteiger partial charge in [-0.1, -0.05) is 112 Å². The van der Waals surface area contributed by atoms with Crippen LogP contribution in [0.3, 0.4) is 0 Å². The molecule has 0 unspecified atom stereocenters. The van der Waals surface area contributed by atoms with E-state index in [0.29, 0.717) is 13.0 Å². The van der Waals surface area contributed by atoms with Crippen LogP contribution in [0.1, 0.15) is 43.9 Å². The average molecular weight is 463 g/mol. The van der Waals surface area contributed by atoms with Gasteiger partial charge in [0.1, 0.15) is 5.60 Å². The average Bonchev–Trinajstić information content (AvgIpc) is 2.81. The summed E-state index contributed by atoms with van der Waals surface area (Å²) >= 11 is 0. The molecule has 0 bridgehead atoms. The number of benzene rings is 3. The molecule has 0 amide bonds. The predicted molar refractivity (Wildman–Crippen MR) is 139 cm³/mol. The molecule has 1 N–H and O–H groups in total. The molecule has 0 aliphatic carbocycles. The summed E-state index contributed by atoms with van der Waals surface area (Å²) in [6, 6.07) is 30.8. The lowest BCUT2D eigenvalue weighted by Gasteiger charge is -2.37. The maximum absolute atomic E-state index is 10.9. The van der Waals surface area contributed by atoms with Crippen molar-refractivity contribution in [2.45, 2.75) is 57.0 Å². The number of ether oxygens (including phenoxy) is 1. The summed E-state index contributed by atoms with van der Waals surface area (Å²) in [5, 5.41) is 11.0. The molecule has 0 saturated heterocycles. The summed E-state index contributed by atoms with van der Waals surface area (Å²) in [7, 11) is -1.84. The first kappa shape index (κ1) is 25.4. The van der Waals surface area contributed by atoms with Gasteiger partial charge >= 0.3 is 0 Å². The minimum atomic E-state index is -1.84. The maximum atomic E-state index is 10.9. The van der Waals surface area contributed by atoms with Crippen molar-refractivity contribution in [3.63, 3.8) is 0 Å². The molecule has 0 fully saturated rings. The Balaban J connectivity index is 1.85. The van der Waals surface area contributed by atoms with Crippen molar-refractivity contribution < 1.29 is 14.3 Å². The van der Waals surface area contributed by atoms with Crippen molar-refractivity contribution in [1.82, 2.24) is 0 Å². The Morgan fingerprint density at radius 2 is 1.12 bits per heavy atom. The molecule has 0 spiro atoms. The summed E-state index contributed by atoms with van der Waals surface area (Å²) in [5.74, 6) is 0. The lowest BCUT2D eigenvalue weighted by atomic mass is 9.80. The van der Waals surface area contributed by atoms with Gasteiger partial charge < -0.3 is 14.3 Å². The first-order valence-electron chi connectivity index (χ1n) is 11.8. The molecule has 176 valence electrons. The van der Waals surface area contributed by atoms with E-state index >= 15 is 0 Å². The minimum Gasteiger partial charge on any atom is -0.417 e. The van der Waals surface area contributed by atoms with Gasteiger partial charge in [-0.25, -0.2) is 0 Å². The summed E-state index contributed by atoms with van der Waals surface area (Å²) in [4.78, 5) is 0. The van der Waals surface area contributed by atoms with E-state index in [9.17, 15) is 5.11 Å². The van der Waals surface area contributed by atoms with Gasteiger partial charge in [-0.2, -0.15) is 0 Å².